The molecule has 0 aliphatic carbocycles. The van der Waals surface area contributed by atoms with Crippen LogP contribution in [-0.4, -0.2) is 13.2 Å². The summed E-state index contributed by atoms with van der Waals surface area (Å²) in [7, 11) is 1.70. The molecule has 1 atom stereocenters. The molecule has 0 saturated heterocycles. The molecule has 0 aromatic heterocycles. The topological polar surface area (TPSA) is 18.5 Å². The van der Waals surface area contributed by atoms with E-state index in [1.807, 2.05) is 60.7 Å². The van der Waals surface area contributed by atoms with Crippen molar-refractivity contribution in [2.24, 2.45) is 0 Å². The van der Waals surface area contributed by atoms with Gasteiger partial charge in [-0.3, -0.25) is 0 Å². The van der Waals surface area contributed by atoms with Crippen LogP contribution >= 0.6 is 21.8 Å². The Hall–Kier alpha value is -0.853. The van der Waals surface area contributed by atoms with Gasteiger partial charge in [0.25, 0.3) is 0 Å². The molecule has 0 saturated carbocycles. The summed E-state index contributed by atoms with van der Waals surface area (Å²) in [5, 5.41) is 1.12. The van der Waals surface area contributed by atoms with E-state index in [1.165, 1.54) is 0 Å². The Morgan fingerprint density at radius 3 is 1.94 bits per heavy atom. The quantitative estimate of drug-likeness (QED) is 0.476. The summed E-state index contributed by atoms with van der Waals surface area (Å²) in [6.07, 6.45) is 0. The van der Waals surface area contributed by atoms with Crippen molar-refractivity contribution in [3.63, 3.8) is 0 Å². The zero-order chi connectivity index (χ0) is 12.1. The van der Waals surface area contributed by atoms with Gasteiger partial charge in [0.05, 0.1) is 0 Å². The molecular weight excluding hydrogens is 343 g/mol. The SMILES string of the molecule is CO[Si](I)(Oc1ccccc1)c1ccccc1. The van der Waals surface area contributed by atoms with Gasteiger partial charge in [0.1, 0.15) is 5.75 Å². The number of halogens is 1. The van der Waals surface area contributed by atoms with E-state index in [1.54, 1.807) is 7.11 Å². The van der Waals surface area contributed by atoms with Crippen molar-refractivity contribution in [1.29, 1.82) is 0 Å². The smallest absolute Gasteiger partial charge is 0.503 e. The van der Waals surface area contributed by atoms with Crippen molar-refractivity contribution in [1.82, 2.24) is 0 Å². The van der Waals surface area contributed by atoms with E-state index < -0.39 is 6.06 Å². The summed E-state index contributed by atoms with van der Waals surface area (Å²) < 4.78 is 11.7. The maximum atomic E-state index is 6.04. The second kappa shape index (κ2) is 5.66. The van der Waals surface area contributed by atoms with Gasteiger partial charge in [0, 0.05) is 12.3 Å². The molecule has 0 amide bonds. The number of rotatable bonds is 4. The molecule has 4 heteroatoms. The van der Waals surface area contributed by atoms with Gasteiger partial charge in [-0.15, -0.1) is 0 Å². The molecule has 88 valence electrons. The van der Waals surface area contributed by atoms with E-state index in [0.717, 1.165) is 10.9 Å². The van der Waals surface area contributed by atoms with Crippen LogP contribution in [0.5, 0.6) is 5.75 Å². The highest BCUT2D eigenvalue weighted by Crippen LogP contribution is 2.20. The Kier molecular flexibility index (Phi) is 4.19. The Bertz CT molecular complexity index is 463. The van der Waals surface area contributed by atoms with Crippen molar-refractivity contribution < 1.29 is 8.85 Å². The molecule has 0 fully saturated rings. The third-order valence-electron chi connectivity index (χ3n) is 2.37. The highest BCUT2D eigenvalue weighted by Gasteiger charge is 2.38. The fraction of sp³-hybridized carbons (Fsp3) is 0.0769. The minimum atomic E-state index is -2.37. The molecule has 0 radical (unpaired) electrons. The van der Waals surface area contributed by atoms with Crippen molar-refractivity contribution in [2.75, 3.05) is 7.11 Å². The summed E-state index contributed by atoms with van der Waals surface area (Å²) in [5.41, 5.74) is 0. The van der Waals surface area contributed by atoms with Crippen LogP contribution < -0.4 is 9.61 Å². The van der Waals surface area contributed by atoms with E-state index in [2.05, 4.69) is 21.8 Å². The van der Waals surface area contributed by atoms with Gasteiger partial charge in [-0.2, -0.15) is 0 Å². The molecular formula is C13H13IO2Si. The second-order valence-corrected chi connectivity index (χ2v) is 10.0. The lowest BCUT2D eigenvalue weighted by atomic mass is 10.3. The molecule has 2 rings (SSSR count). The third-order valence-corrected chi connectivity index (χ3v) is 8.27. The third kappa shape index (κ3) is 3.08. The van der Waals surface area contributed by atoms with Crippen molar-refractivity contribution >= 4 is 33.0 Å². The van der Waals surface area contributed by atoms with Gasteiger partial charge >= 0.3 is 6.06 Å². The van der Waals surface area contributed by atoms with E-state index in [-0.39, 0.29) is 0 Å². The number of para-hydroxylation sites is 1. The summed E-state index contributed by atoms with van der Waals surface area (Å²) in [6.45, 7) is 0. The highest BCUT2D eigenvalue weighted by atomic mass is 127. The van der Waals surface area contributed by atoms with Crippen LogP contribution in [0.2, 0.25) is 0 Å². The average molecular weight is 356 g/mol. The largest absolute Gasteiger partial charge is 0.510 e. The lowest BCUT2D eigenvalue weighted by Gasteiger charge is -2.23. The minimum absolute atomic E-state index is 0.847. The maximum absolute atomic E-state index is 6.04. The van der Waals surface area contributed by atoms with Crippen LogP contribution in [-0.2, 0) is 4.43 Å². The Morgan fingerprint density at radius 1 is 0.882 bits per heavy atom. The molecule has 0 heterocycles. The first-order valence-corrected chi connectivity index (χ1v) is 10.2. The molecule has 2 aromatic rings. The fourth-order valence-corrected chi connectivity index (χ4v) is 4.80. The van der Waals surface area contributed by atoms with E-state index in [4.69, 9.17) is 8.85 Å². The van der Waals surface area contributed by atoms with Crippen LogP contribution in [0, 0.1) is 0 Å². The van der Waals surface area contributed by atoms with Crippen LogP contribution in [0.15, 0.2) is 60.7 Å². The first kappa shape index (κ1) is 12.6. The van der Waals surface area contributed by atoms with E-state index in [9.17, 15) is 0 Å². The van der Waals surface area contributed by atoms with Gasteiger partial charge in [-0.05, 0) is 33.9 Å². The summed E-state index contributed by atoms with van der Waals surface area (Å²) in [4.78, 5) is 0. The summed E-state index contributed by atoms with van der Waals surface area (Å²) >= 11 is 2.30. The number of hydrogen-bond donors (Lipinski definition) is 0. The molecule has 0 N–H and O–H groups in total. The van der Waals surface area contributed by atoms with Gasteiger partial charge in [-0.25, -0.2) is 0 Å². The van der Waals surface area contributed by atoms with Crippen molar-refractivity contribution in [2.45, 2.75) is 0 Å². The molecule has 1 unspecified atom stereocenters. The van der Waals surface area contributed by atoms with E-state index >= 15 is 0 Å². The van der Waals surface area contributed by atoms with Crippen LogP contribution in [0.3, 0.4) is 0 Å². The monoisotopic (exact) mass is 356 g/mol. The Labute approximate surface area is 115 Å². The van der Waals surface area contributed by atoms with Crippen molar-refractivity contribution in [3.05, 3.63) is 60.7 Å². The Morgan fingerprint density at radius 2 is 1.41 bits per heavy atom. The predicted molar refractivity (Wildman–Crippen MR) is 79.9 cm³/mol. The van der Waals surface area contributed by atoms with Crippen molar-refractivity contribution in [3.8, 4) is 5.75 Å². The lowest BCUT2D eigenvalue weighted by molar-refractivity contribution is 0.344. The molecule has 2 nitrogen and oxygen atoms in total. The van der Waals surface area contributed by atoms with Crippen LogP contribution in [0.25, 0.3) is 0 Å². The van der Waals surface area contributed by atoms with E-state index in [0.29, 0.717) is 0 Å². The molecule has 0 spiro atoms. The standard InChI is InChI=1S/C13H13IO2Si/c1-15-17(14,13-10-6-3-7-11-13)16-12-8-4-2-5-9-12/h2-11H,1H3. The maximum Gasteiger partial charge on any atom is 0.503 e. The highest BCUT2D eigenvalue weighted by molar-refractivity contribution is 14.1. The molecule has 0 aliphatic heterocycles. The summed E-state index contributed by atoms with van der Waals surface area (Å²) in [5.74, 6) is 0.847. The van der Waals surface area contributed by atoms with Crippen LogP contribution in [0.1, 0.15) is 0 Å². The molecule has 0 aliphatic rings. The van der Waals surface area contributed by atoms with Gasteiger partial charge in [0.15, 0.2) is 0 Å². The molecule has 0 bridgehead atoms. The predicted octanol–water partition coefficient (Wildman–Crippen LogP) is 2.99. The second-order valence-electron chi connectivity index (χ2n) is 3.52. The average Bonchev–Trinajstić information content (AvgIpc) is 2.41. The van der Waals surface area contributed by atoms with Gasteiger partial charge < -0.3 is 8.85 Å². The normalized spacial score (nSPS) is 14.0. The Balaban J connectivity index is 2.27. The zero-order valence-electron chi connectivity index (χ0n) is 9.47. The van der Waals surface area contributed by atoms with Gasteiger partial charge in [-0.1, -0.05) is 48.5 Å². The summed E-state index contributed by atoms with van der Waals surface area (Å²) in [6, 6.07) is 17.5. The zero-order valence-corrected chi connectivity index (χ0v) is 12.6. The lowest BCUT2D eigenvalue weighted by Crippen LogP contribution is -2.50. The van der Waals surface area contributed by atoms with Gasteiger partial charge in [0.2, 0.25) is 0 Å². The number of hydrogen-bond acceptors (Lipinski definition) is 2. The fourth-order valence-electron chi connectivity index (χ4n) is 1.50. The first-order valence-electron chi connectivity index (χ1n) is 5.28. The number of benzene rings is 2. The first-order chi connectivity index (χ1) is 8.24. The molecule has 2 aromatic carbocycles. The van der Waals surface area contributed by atoms with Crippen LogP contribution in [0.4, 0.5) is 0 Å². The molecule has 17 heavy (non-hydrogen) atoms. The minimum Gasteiger partial charge on any atom is -0.510 e.